The maximum absolute atomic E-state index is 11.6. The number of hydrogen-bond donors (Lipinski definition) is 1. The SMILES string of the molecule is COC(=O)/C=C(/Nc1cccc(Cl)c1C)C(=O)OC. The third-order valence-electron chi connectivity index (χ3n) is 2.41. The Balaban J connectivity index is 3.08. The molecule has 0 spiro atoms. The lowest BCUT2D eigenvalue weighted by molar-refractivity contribution is -0.138. The first-order valence-corrected chi connectivity index (χ1v) is 5.77. The summed E-state index contributed by atoms with van der Waals surface area (Å²) in [4.78, 5) is 22.8. The predicted molar refractivity (Wildman–Crippen MR) is 71.9 cm³/mol. The number of benzene rings is 1. The molecule has 0 aromatic heterocycles. The fourth-order valence-corrected chi connectivity index (χ4v) is 1.50. The average molecular weight is 284 g/mol. The van der Waals surface area contributed by atoms with Crippen molar-refractivity contribution in [2.75, 3.05) is 19.5 Å². The quantitative estimate of drug-likeness (QED) is 0.678. The van der Waals surface area contributed by atoms with Crippen LogP contribution in [-0.2, 0) is 19.1 Å². The van der Waals surface area contributed by atoms with E-state index in [0.717, 1.165) is 11.6 Å². The Labute approximate surface area is 116 Å². The number of anilines is 1. The van der Waals surface area contributed by atoms with Crippen LogP contribution in [0.4, 0.5) is 5.69 Å². The van der Waals surface area contributed by atoms with E-state index in [0.29, 0.717) is 10.7 Å². The Bertz CT molecular complexity index is 525. The number of esters is 2. The summed E-state index contributed by atoms with van der Waals surface area (Å²) in [5.74, 6) is -1.34. The summed E-state index contributed by atoms with van der Waals surface area (Å²) >= 11 is 5.98. The second-order valence-electron chi connectivity index (χ2n) is 3.61. The molecule has 0 aliphatic carbocycles. The number of hydrogen-bond acceptors (Lipinski definition) is 5. The Morgan fingerprint density at radius 2 is 1.95 bits per heavy atom. The molecule has 0 heterocycles. The average Bonchev–Trinajstić information content (AvgIpc) is 2.41. The third kappa shape index (κ3) is 3.99. The summed E-state index contributed by atoms with van der Waals surface area (Å²) in [6, 6.07) is 5.18. The minimum absolute atomic E-state index is 0.0280. The van der Waals surface area contributed by atoms with Gasteiger partial charge in [-0.3, -0.25) is 0 Å². The van der Waals surface area contributed by atoms with Crippen molar-refractivity contribution in [1.29, 1.82) is 0 Å². The highest BCUT2D eigenvalue weighted by Crippen LogP contribution is 2.24. The van der Waals surface area contributed by atoms with E-state index in [-0.39, 0.29) is 5.70 Å². The van der Waals surface area contributed by atoms with Crippen molar-refractivity contribution >= 4 is 29.2 Å². The molecular weight excluding hydrogens is 270 g/mol. The van der Waals surface area contributed by atoms with E-state index < -0.39 is 11.9 Å². The number of halogens is 1. The zero-order chi connectivity index (χ0) is 14.4. The van der Waals surface area contributed by atoms with Crippen LogP contribution in [-0.4, -0.2) is 26.2 Å². The van der Waals surface area contributed by atoms with Gasteiger partial charge in [0.1, 0.15) is 5.70 Å². The third-order valence-corrected chi connectivity index (χ3v) is 2.82. The second-order valence-corrected chi connectivity index (χ2v) is 4.02. The van der Waals surface area contributed by atoms with Gasteiger partial charge in [-0.15, -0.1) is 0 Å². The number of carbonyl (C=O) groups is 2. The number of ether oxygens (including phenoxy) is 2. The first-order valence-electron chi connectivity index (χ1n) is 5.39. The number of nitrogens with one attached hydrogen (secondary N) is 1. The molecule has 1 aromatic carbocycles. The lowest BCUT2D eigenvalue weighted by Crippen LogP contribution is -2.16. The van der Waals surface area contributed by atoms with Crippen molar-refractivity contribution < 1.29 is 19.1 Å². The van der Waals surface area contributed by atoms with Crippen molar-refractivity contribution in [2.45, 2.75) is 6.92 Å². The fourth-order valence-electron chi connectivity index (χ4n) is 1.32. The van der Waals surface area contributed by atoms with Crippen molar-refractivity contribution in [3.63, 3.8) is 0 Å². The first-order chi connectivity index (χ1) is 8.99. The topological polar surface area (TPSA) is 64.6 Å². The van der Waals surface area contributed by atoms with Crippen molar-refractivity contribution in [2.24, 2.45) is 0 Å². The molecule has 102 valence electrons. The lowest BCUT2D eigenvalue weighted by atomic mass is 10.2. The van der Waals surface area contributed by atoms with Gasteiger partial charge < -0.3 is 14.8 Å². The van der Waals surface area contributed by atoms with Gasteiger partial charge in [0.15, 0.2) is 0 Å². The molecular formula is C13H14ClNO4. The lowest BCUT2D eigenvalue weighted by Gasteiger charge is -2.12. The molecule has 1 aromatic rings. The minimum Gasteiger partial charge on any atom is -0.466 e. The van der Waals surface area contributed by atoms with E-state index >= 15 is 0 Å². The largest absolute Gasteiger partial charge is 0.466 e. The molecule has 1 N–H and O–H groups in total. The van der Waals surface area contributed by atoms with Crippen LogP contribution in [0.2, 0.25) is 5.02 Å². The van der Waals surface area contributed by atoms with Gasteiger partial charge in [-0.1, -0.05) is 17.7 Å². The summed E-state index contributed by atoms with van der Waals surface area (Å²) in [6.45, 7) is 1.79. The predicted octanol–water partition coefficient (Wildman–Crippen LogP) is 2.29. The van der Waals surface area contributed by atoms with E-state index in [1.165, 1.54) is 14.2 Å². The molecule has 1 rings (SSSR count). The smallest absolute Gasteiger partial charge is 0.354 e. The van der Waals surface area contributed by atoms with Crippen molar-refractivity contribution in [3.8, 4) is 0 Å². The zero-order valence-corrected chi connectivity index (χ0v) is 11.6. The van der Waals surface area contributed by atoms with E-state index in [9.17, 15) is 9.59 Å². The highest BCUT2D eigenvalue weighted by Gasteiger charge is 2.14. The molecule has 0 radical (unpaired) electrons. The number of carbonyl (C=O) groups excluding carboxylic acids is 2. The Kier molecular flexibility index (Phi) is 5.38. The summed E-state index contributed by atoms with van der Waals surface area (Å²) in [6.07, 6.45) is 1.02. The molecule has 0 unspecified atom stereocenters. The van der Waals surface area contributed by atoms with Gasteiger partial charge in [0, 0.05) is 10.7 Å². The Morgan fingerprint density at radius 1 is 1.26 bits per heavy atom. The van der Waals surface area contributed by atoms with Gasteiger partial charge >= 0.3 is 11.9 Å². The molecule has 0 fully saturated rings. The number of methoxy groups -OCH3 is 2. The monoisotopic (exact) mass is 283 g/mol. The van der Waals surface area contributed by atoms with Gasteiger partial charge in [0.05, 0.1) is 20.3 Å². The minimum atomic E-state index is -0.676. The molecule has 19 heavy (non-hydrogen) atoms. The molecule has 0 aliphatic rings. The molecule has 0 saturated carbocycles. The van der Waals surface area contributed by atoms with Gasteiger partial charge in [-0.25, -0.2) is 9.59 Å². The van der Waals surface area contributed by atoms with Crippen molar-refractivity contribution in [3.05, 3.63) is 40.6 Å². The van der Waals surface area contributed by atoms with E-state index in [2.05, 4.69) is 14.8 Å². The van der Waals surface area contributed by atoms with Crippen LogP contribution < -0.4 is 5.32 Å². The molecule has 0 bridgehead atoms. The zero-order valence-electron chi connectivity index (χ0n) is 10.8. The van der Waals surface area contributed by atoms with Crippen LogP contribution in [0, 0.1) is 6.92 Å². The van der Waals surface area contributed by atoms with Crippen LogP contribution in [0.25, 0.3) is 0 Å². The highest BCUT2D eigenvalue weighted by atomic mass is 35.5. The summed E-state index contributed by atoms with van der Waals surface area (Å²) in [7, 11) is 2.44. The van der Waals surface area contributed by atoms with Crippen LogP contribution >= 0.6 is 11.6 Å². The maximum Gasteiger partial charge on any atom is 0.354 e. The molecule has 0 atom stereocenters. The normalized spacial score (nSPS) is 10.8. The van der Waals surface area contributed by atoms with Gasteiger partial charge in [0.25, 0.3) is 0 Å². The van der Waals surface area contributed by atoms with Crippen LogP contribution in [0.1, 0.15) is 5.56 Å². The molecule has 0 amide bonds. The van der Waals surface area contributed by atoms with Crippen LogP contribution in [0.3, 0.4) is 0 Å². The van der Waals surface area contributed by atoms with Crippen LogP contribution in [0.5, 0.6) is 0 Å². The van der Waals surface area contributed by atoms with E-state index in [1.807, 2.05) is 0 Å². The van der Waals surface area contributed by atoms with E-state index in [1.54, 1.807) is 25.1 Å². The Morgan fingerprint density at radius 3 is 2.53 bits per heavy atom. The van der Waals surface area contributed by atoms with Gasteiger partial charge in [-0.05, 0) is 24.6 Å². The maximum atomic E-state index is 11.6. The van der Waals surface area contributed by atoms with E-state index in [4.69, 9.17) is 11.6 Å². The Hall–Kier alpha value is -2.01. The van der Waals surface area contributed by atoms with Crippen LogP contribution in [0.15, 0.2) is 30.0 Å². The standard InChI is InChI=1S/C13H14ClNO4/c1-8-9(14)5-4-6-10(8)15-11(13(17)19-3)7-12(16)18-2/h4-7,15H,1-3H3/b11-7+. The molecule has 0 aliphatic heterocycles. The highest BCUT2D eigenvalue weighted by molar-refractivity contribution is 6.31. The number of rotatable bonds is 4. The fraction of sp³-hybridized carbons (Fsp3) is 0.231. The molecule has 5 nitrogen and oxygen atoms in total. The summed E-state index contributed by atoms with van der Waals surface area (Å²) in [5.41, 5.74) is 1.33. The van der Waals surface area contributed by atoms with Crippen molar-refractivity contribution in [1.82, 2.24) is 0 Å². The van der Waals surface area contributed by atoms with Gasteiger partial charge in [0.2, 0.25) is 0 Å². The summed E-state index contributed by atoms with van der Waals surface area (Å²) < 4.78 is 9.07. The van der Waals surface area contributed by atoms with Gasteiger partial charge in [-0.2, -0.15) is 0 Å². The summed E-state index contributed by atoms with van der Waals surface area (Å²) in [5, 5.41) is 3.35. The first kappa shape index (κ1) is 15.0. The molecule has 6 heteroatoms. The second kappa shape index (κ2) is 6.80. The molecule has 0 saturated heterocycles.